The van der Waals surface area contributed by atoms with E-state index in [2.05, 4.69) is 9.97 Å². The van der Waals surface area contributed by atoms with Crippen molar-refractivity contribution in [3.63, 3.8) is 0 Å². The molecule has 0 bridgehead atoms. The fourth-order valence-electron chi connectivity index (χ4n) is 4.80. The quantitative estimate of drug-likeness (QED) is 0.410. The van der Waals surface area contributed by atoms with Crippen LogP contribution >= 0.6 is 0 Å². The highest BCUT2D eigenvalue weighted by atomic mass is 32.2. The van der Waals surface area contributed by atoms with E-state index in [1.165, 1.54) is 17.3 Å². The van der Waals surface area contributed by atoms with Crippen molar-refractivity contribution in [3.05, 3.63) is 66.1 Å². The van der Waals surface area contributed by atoms with Crippen molar-refractivity contribution in [3.8, 4) is 0 Å². The second-order valence-corrected chi connectivity index (χ2v) is 10.6. The second-order valence-electron chi connectivity index (χ2n) is 8.77. The Morgan fingerprint density at radius 3 is 2.59 bits per heavy atom. The van der Waals surface area contributed by atoms with Crippen LogP contribution in [0.1, 0.15) is 29.9 Å². The molecule has 1 saturated heterocycles. The van der Waals surface area contributed by atoms with E-state index in [0.29, 0.717) is 23.9 Å². The first-order valence-electron chi connectivity index (χ1n) is 11.0. The van der Waals surface area contributed by atoms with Crippen LogP contribution in [0.5, 0.6) is 0 Å². The summed E-state index contributed by atoms with van der Waals surface area (Å²) < 4.78 is 66.7. The lowest BCUT2D eigenvalue weighted by molar-refractivity contribution is -0.148. The van der Waals surface area contributed by atoms with Crippen LogP contribution in [0.25, 0.3) is 21.9 Å². The molecular weight excluding hydrogens is 465 g/mol. The van der Waals surface area contributed by atoms with Gasteiger partial charge in [0, 0.05) is 29.7 Å². The highest BCUT2D eigenvalue weighted by Gasteiger charge is 2.34. The number of piperidine rings is 1. The monoisotopic (exact) mass is 488 g/mol. The van der Waals surface area contributed by atoms with E-state index >= 15 is 0 Å². The molecule has 34 heavy (non-hydrogen) atoms. The Hall–Kier alpha value is -2.98. The van der Waals surface area contributed by atoms with E-state index in [4.69, 9.17) is 0 Å². The fraction of sp³-hybridized carbons (Fsp3) is 0.333. The lowest BCUT2D eigenvalue weighted by atomic mass is 9.88. The topological polar surface area (TPSA) is 68.1 Å². The number of pyridine rings is 2. The van der Waals surface area contributed by atoms with Crippen LogP contribution in [0.2, 0.25) is 0 Å². The number of hydrogen-bond acceptors (Lipinski definition) is 5. The minimum atomic E-state index is -4.25. The summed E-state index contributed by atoms with van der Waals surface area (Å²) in [5.41, 5.74) is 2.67. The van der Waals surface area contributed by atoms with Gasteiger partial charge in [-0.3, -0.25) is 9.88 Å². The van der Waals surface area contributed by atoms with E-state index in [0.717, 1.165) is 26.9 Å². The maximum absolute atomic E-state index is 13.3. The Labute approximate surface area is 195 Å². The maximum Gasteiger partial charge on any atom is 0.401 e. The molecule has 0 spiro atoms. The number of fused-ring (bicyclic) bond motifs is 3. The number of benzene rings is 1. The van der Waals surface area contributed by atoms with Gasteiger partial charge in [0.2, 0.25) is 0 Å². The summed E-state index contributed by atoms with van der Waals surface area (Å²) in [6.45, 7) is 1.63. The summed E-state index contributed by atoms with van der Waals surface area (Å²) >= 11 is 0. The first-order valence-corrected chi connectivity index (χ1v) is 12.4. The van der Waals surface area contributed by atoms with Crippen molar-refractivity contribution in [2.24, 2.45) is 0 Å². The van der Waals surface area contributed by atoms with Gasteiger partial charge in [-0.15, -0.1) is 0 Å². The minimum Gasteiger partial charge on any atom is -0.294 e. The summed E-state index contributed by atoms with van der Waals surface area (Å²) in [5.74, 6) is -0.121. The molecule has 1 unspecified atom stereocenters. The Morgan fingerprint density at radius 2 is 1.85 bits per heavy atom. The Bertz CT molecular complexity index is 1460. The van der Waals surface area contributed by atoms with Gasteiger partial charge in [0.15, 0.2) is 5.65 Å². The maximum atomic E-state index is 13.3. The zero-order valence-corrected chi connectivity index (χ0v) is 19.3. The van der Waals surface area contributed by atoms with Gasteiger partial charge in [-0.2, -0.15) is 13.2 Å². The molecule has 5 rings (SSSR count). The van der Waals surface area contributed by atoms with Crippen LogP contribution in [0.4, 0.5) is 13.2 Å². The number of halogens is 3. The zero-order valence-electron chi connectivity index (χ0n) is 18.5. The molecule has 4 heterocycles. The third-order valence-corrected chi connectivity index (χ3v) is 8.02. The lowest BCUT2D eigenvalue weighted by Crippen LogP contribution is -2.40. The summed E-state index contributed by atoms with van der Waals surface area (Å²) in [6, 6.07) is 10.1. The molecule has 0 radical (unpaired) electrons. The highest BCUT2D eigenvalue weighted by Crippen LogP contribution is 2.36. The average molecular weight is 489 g/mol. The van der Waals surface area contributed by atoms with Crippen molar-refractivity contribution in [1.29, 1.82) is 0 Å². The molecule has 10 heteroatoms. The smallest absolute Gasteiger partial charge is 0.294 e. The predicted molar refractivity (Wildman–Crippen MR) is 123 cm³/mol. The van der Waals surface area contributed by atoms with Gasteiger partial charge < -0.3 is 0 Å². The number of alkyl halides is 3. The Morgan fingerprint density at radius 1 is 1.09 bits per heavy atom. The van der Waals surface area contributed by atoms with Crippen LogP contribution < -0.4 is 0 Å². The number of aromatic nitrogens is 3. The molecule has 4 aromatic rings. The van der Waals surface area contributed by atoms with E-state index in [1.807, 2.05) is 13.0 Å². The van der Waals surface area contributed by atoms with Crippen molar-refractivity contribution in [2.75, 3.05) is 19.6 Å². The molecule has 1 fully saturated rings. The summed E-state index contributed by atoms with van der Waals surface area (Å²) in [7, 11) is -3.87. The van der Waals surface area contributed by atoms with Crippen LogP contribution in [0, 0.1) is 6.92 Å². The molecule has 1 aliphatic heterocycles. The fourth-order valence-corrected chi connectivity index (χ4v) is 6.10. The van der Waals surface area contributed by atoms with E-state index < -0.39 is 22.7 Å². The van der Waals surface area contributed by atoms with Crippen LogP contribution in [-0.2, 0) is 10.0 Å². The Kier molecular flexibility index (Phi) is 5.60. The molecule has 1 atom stereocenters. The third-order valence-electron chi connectivity index (χ3n) is 6.34. The summed E-state index contributed by atoms with van der Waals surface area (Å²) in [5, 5.41) is 1.36. The van der Waals surface area contributed by atoms with Crippen molar-refractivity contribution >= 4 is 32.0 Å². The van der Waals surface area contributed by atoms with E-state index in [-0.39, 0.29) is 23.0 Å². The standard InChI is InChI=1S/C24H23F3N4O2S/c1-16-4-6-18(7-5-16)34(32,33)31-12-9-20-22-19(8-10-28-21(22)13-29-23(20)31)17-3-2-11-30(14-17)15-24(25,26)27/h4-10,12-13,17H,2-3,11,14-15H2,1H3. The predicted octanol–water partition coefficient (Wildman–Crippen LogP) is 4.87. The van der Waals surface area contributed by atoms with E-state index in [9.17, 15) is 21.6 Å². The van der Waals surface area contributed by atoms with Gasteiger partial charge in [0.1, 0.15) is 0 Å². The molecule has 0 amide bonds. The second kappa shape index (κ2) is 8.35. The first-order chi connectivity index (χ1) is 16.1. The SMILES string of the molecule is Cc1ccc(S(=O)(=O)n2ccc3c4c(C5CCCN(CC(F)(F)F)C5)ccnc4cnc32)cc1. The minimum absolute atomic E-state index is 0.121. The van der Waals surface area contributed by atoms with Gasteiger partial charge in [0.05, 0.1) is 23.2 Å². The van der Waals surface area contributed by atoms with Crippen LogP contribution in [0.15, 0.2) is 59.9 Å². The first kappa shape index (κ1) is 22.8. The molecule has 3 aromatic heterocycles. The van der Waals surface area contributed by atoms with Gasteiger partial charge >= 0.3 is 6.18 Å². The van der Waals surface area contributed by atoms with E-state index in [1.54, 1.807) is 36.5 Å². The highest BCUT2D eigenvalue weighted by molar-refractivity contribution is 7.90. The summed E-state index contributed by atoms with van der Waals surface area (Å²) in [6.07, 6.45) is 1.79. The molecular formula is C24H23F3N4O2S. The molecule has 0 aliphatic carbocycles. The third kappa shape index (κ3) is 4.16. The van der Waals surface area contributed by atoms with Gasteiger partial charge in [-0.1, -0.05) is 17.7 Å². The number of rotatable bonds is 4. The number of hydrogen-bond donors (Lipinski definition) is 0. The molecule has 6 nitrogen and oxygen atoms in total. The molecule has 1 aromatic carbocycles. The Balaban J connectivity index is 1.61. The molecule has 0 saturated carbocycles. The average Bonchev–Trinajstić information content (AvgIpc) is 3.23. The van der Waals surface area contributed by atoms with Crippen molar-refractivity contribution in [1.82, 2.24) is 18.8 Å². The lowest BCUT2D eigenvalue weighted by Gasteiger charge is -2.33. The molecule has 1 aliphatic rings. The van der Waals surface area contributed by atoms with Crippen LogP contribution in [-0.4, -0.2) is 53.1 Å². The zero-order chi connectivity index (χ0) is 24.1. The molecule has 0 N–H and O–H groups in total. The van der Waals surface area contributed by atoms with Crippen molar-refractivity contribution in [2.45, 2.75) is 36.8 Å². The molecule has 178 valence electrons. The van der Waals surface area contributed by atoms with Gasteiger partial charge in [-0.25, -0.2) is 17.4 Å². The number of aryl methyl sites for hydroxylation is 1. The van der Waals surface area contributed by atoms with Crippen molar-refractivity contribution < 1.29 is 21.6 Å². The van der Waals surface area contributed by atoms with Gasteiger partial charge in [0.25, 0.3) is 10.0 Å². The number of nitrogens with zero attached hydrogens (tertiary/aromatic N) is 4. The van der Waals surface area contributed by atoms with Crippen LogP contribution in [0.3, 0.4) is 0 Å². The largest absolute Gasteiger partial charge is 0.401 e. The van der Waals surface area contributed by atoms with Gasteiger partial charge in [-0.05, 0) is 62.1 Å². The summed E-state index contributed by atoms with van der Waals surface area (Å²) in [4.78, 5) is 10.4. The number of likely N-dealkylation sites (tertiary alicyclic amines) is 1. The normalized spacial score (nSPS) is 18.1.